The van der Waals surface area contributed by atoms with E-state index in [2.05, 4.69) is 17.1 Å². The molecule has 0 saturated carbocycles. The Labute approximate surface area is 125 Å². The molecule has 4 nitrogen and oxygen atoms in total. The van der Waals surface area contributed by atoms with E-state index in [9.17, 15) is 9.18 Å². The van der Waals surface area contributed by atoms with Crippen molar-refractivity contribution in [3.8, 4) is 0 Å². The molecular weight excluding hydrogens is 269 g/mol. The van der Waals surface area contributed by atoms with E-state index in [1.54, 1.807) is 12.1 Å². The maximum Gasteiger partial charge on any atom is 0.317 e. The van der Waals surface area contributed by atoms with Gasteiger partial charge in [0.2, 0.25) is 0 Å². The van der Waals surface area contributed by atoms with Crippen LogP contribution in [0.25, 0.3) is 0 Å². The third-order valence-electron chi connectivity index (χ3n) is 3.78. The third-order valence-corrected chi connectivity index (χ3v) is 3.78. The lowest BCUT2D eigenvalue weighted by Gasteiger charge is -2.24. The topological polar surface area (TPSA) is 35.6 Å². The van der Waals surface area contributed by atoms with Crippen LogP contribution in [0.4, 0.5) is 14.9 Å². The number of carbonyl (C=O) groups is 1. The normalized spacial score (nSPS) is 15.7. The van der Waals surface area contributed by atoms with Gasteiger partial charge in [-0.3, -0.25) is 0 Å². The van der Waals surface area contributed by atoms with Crippen LogP contribution < -0.4 is 10.2 Å². The lowest BCUT2D eigenvalue weighted by molar-refractivity contribution is 0.201. The Balaban J connectivity index is 1.86. The van der Waals surface area contributed by atoms with Gasteiger partial charge in [-0.15, -0.1) is 0 Å². The Hall–Kier alpha value is -1.78. The van der Waals surface area contributed by atoms with E-state index in [0.717, 1.165) is 51.1 Å². The molecule has 116 valence electrons. The average Bonchev–Trinajstić information content (AvgIpc) is 2.74. The van der Waals surface area contributed by atoms with Gasteiger partial charge in [0.1, 0.15) is 5.82 Å². The van der Waals surface area contributed by atoms with Gasteiger partial charge >= 0.3 is 6.03 Å². The summed E-state index contributed by atoms with van der Waals surface area (Å²) in [5.41, 5.74) is 1.02. The zero-order chi connectivity index (χ0) is 15.1. The van der Waals surface area contributed by atoms with Crippen molar-refractivity contribution in [1.82, 2.24) is 10.2 Å². The SMILES string of the molecule is CCCCNC(=O)N1CCCN(c2ccc(F)cc2)CC1. The molecule has 1 aromatic carbocycles. The molecule has 0 aromatic heterocycles. The number of nitrogens with zero attached hydrogens (tertiary/aromatic N) is 2. The molecule has 0 bridgehead atoms. The molecular formula is C16H24FN3O. The van der Waals surface area contributed by atoms with Crippen molar-refractivity contribution in [3.63, 3.8) is 0 Å². The smallest absolute Gasteiger partial charge is 0.317 e. The van der Waals surface area contributed by atoms with Crippen LogP contribution in [0.1, 0.15) is 26.2 Å². The highest BCUT2D eigenvalue weighted by Crippen LogP contribution is 2.17. The summed E-state index contributed by atoms with van der Waals surface area (Å²) < 4.78 is 13.0. The Bertz CT molecular complexity index is 449. The van der Waals surface area contributed by atoms with Gasteiger partial charge in [0.25, 0.3) is 0 Å². The zero-order valence-corrected chi connectivity index (χ0v) is 12.6. The fourth-order valence-electron chi connectivity index (χ4n) is 2.51. The number of halogens is 1. The summed E-state index contributed by atoms with van der Waals surface area (Å²) in [7, 11) is 0. The molecule has 1 N–H and O–H groups in total. The van der Waals surface area contributed by atoms with E-state index in [-0.39, 0.29) is 11.8 Å². The van der Waals surface area contributed by atoms with E-state index in [4.69, 9.17) is 0 Å². The monoisotopic (exact) mass is 293 g/mol. The maximum absolute atomic E-state index is 13.0. The molecule has 1 aromatic rings. The van der Waals surface area contributed by atoms with Crippen molar-refractivity contribution >= 4 is 11.7 Å². The minimum atomic E-state index is -0.217. The Kier molecular flexibility index (Phi) is 5.84. The van der Waals surface area contributed by atoms with Gasteiger partial charge < -0.3 is 15.1 Å². The first-order valence-electron chi connectivity index (χ1n) is 7.74. The van der Waals surface area contributed by atoms with Gasteiger partial charge in [0.15, 0.2) is 0 Å². The number of unbranched alkanes of at least 4 members (excludes halogenated alkanes) is 1. The van der Waals surface area contributed by atoms with Crippen LogP contribution in [0.15, 0.2) is 24.3 Å². The van der Waals surface area contributed by atoms with E-state index in [0.29, 0.717) is 6.54 Å². The second kappa shape index (κ2) is 7.86. The highest BCUT2D eigenvalue weighted by molar-refractivity contribution is 5.74. The van der Waals surface area contributed by atoms with Crippen LogP contribution >= 0.6 is 0 Å². The van der Waals surface area contributed by atoms with Gasteiger partial charge in [-0.2, -0.15) is 0 Å². The first-order chi connectivity index (χ1) is 10.2. The summed E-state index contributed by atoms with van der Waals surface area (Å²) in [6.07, 6.45) is 3.03. The Morgan fingerprint density at radius 2 is 1.95 bits per heavy atom. The predicted molar refractivity (Wildman–Crippen MR) is 83.1 cm³/mol. The first-order valence-corrected chi connectivity index (χ1v) is 7.74. The molecule has 1 aliphatic heterocycles. The predicted octanol–water partition coefficient (Wildman–Crippen LogP) is 2.85. The van der Waals surface area contributed by atoms with Crippen molar-refractivity contribution in [1.29, 1.82) is 0 Å². The molecule has 0 aliphatic carbocycles. The fourth-order valence-corrected chi connectivity index (χ4v) is 2.51. The summed E-state index contributed by atoms with van der Waals surface area (Å²) in [5, 5.41) is 2.96. The van der Waals surface area contributed by atoms with Gasteiger partial charge in [-0.1, -0.05) is 13.3 Å². The number of carbonyl (C=O) groups excluding carboxylic acids is 1. The second-order valence-corrected chi connectivity index (χ2v) is 5.39. The number of nitrogens with one attached hydrogen (secondary N) is 1. The molecule has 1 heterocycles. The van der Waals surface area contributed by atoms with Gasteiger partial charge in [0, 0.05) is 38.4 Å². The number of benzene rings is 1. The molecule has 0 spiro atoms. The molecule has 0 atom stereocenters. The highest BCUT2D eigenvalue weighted by atomic mass is 19.1. The Morgan fingerprint density at radius 1 is 1.19 bits per heavy atom. The quantitative estimate of drug-likeness (QED) is 0.867. The summed E-state index contributed by atoms with van der Waals surface area (Å²) in [6.45, 7) is 6.01. The van der Waals surface area contributed by atoms with E-state index in [1.807, 2.05) is 4.90 Å². The number of anilines is 1. The van der Waals surface area contributed by atoms with Gasteiger partial charge in [-0.25, -0.2) is 9.18 Å². The van der Waals surface area contributed by atoms with Crippen LogP contribution in [0.3, 0.4) is 0 Å². The first kappa shape index (κ1) is 15.6. The van der Waals surface area contributed by atoms with Gasteiger partial charge in [0.05, 0.1) is 0 Å². The highest BCUT2D eigenvalue weighted by Gasteiger charge is 2.18. The summed E-state index contributed by atoms with van der Waals surface area (Å²) >= 11 is 0. The summed E-state index contributed by atoms with van der Waals surface area (Å²) in [4.78, 5) is 16.1. The summed E-state index contributed by atoms with van der Waals surface area (Å²) in [5.74, 6) is -0.217. The number of hydrogen-bond acceptors (Lipinski definition) is 2. The molecule has 0 radical (unpaired) electrons. The van der Waals surface area contributed by atoms with Crippen LogP contribution in [0.5, 0.6) is 0 Å². The molecule has 1 fully saturated rings. The molecule has 0 unspecified atom stereocenters. The Morgan fingerprint density at radius 3 is 2.67 bits per heavy atom. The van der Waals surface area contributed by atoms with Crippen molar-refractivity contribution in [3.05, 3.63) is 30.1 Å². The van der Waals surface area contributed by atoms with E-state index >= 15 is 0 Å². The zero-order valence-electron chi connectivity index (χ0n) is 12.6. The molecule has 1 aliphatic rings. The lowest BCUT2D eigenvalue weighted by Crippen LogP contribution is -2.42. The standard InChI is InChI=1S/C16H24FN3O/c1-2-3-9-18-16(21)20-11-4-10-19(12-13-20)15-7-5-14(17)6-8-15/h5-8H,2-4,9-13H2,1H3,(H,18,21). The minimum absolute atomic E-state index is 0.0319. The van der Waals surface area contributed by atoms with Gasteiger partial charge in [-0.05, 0) is 37.1 Å². The van der Waals surface area contributed by atoms with E-state index < -0.39 is 0 Å². The second-order valence-electron chi connectivity index (χ2n) is 5.39. The molecule has 1 saturated heterocycles. The number of rotatable bonds is 4. The van der Waals surface area contributed by atoms with E-state index in [1.165, 1.54) is 12.1 Å². The van der Waals surface area contributed by atoms with Crippen molar-refractivity contribution in [2.75, 3.05) is 37.6 Å². The van der Waals surface area contributed by atoms with Crippen molar-refractivity contribution in [2.45, 2.75) is 26.2 Å². The summed E-state index contributed by atoms with van der Waals surface area (Å²) in [6, 6.07) is 6.59. The molecule has 2 amide bonds. The lowest BCUT2D eigenvalue weighted by atomic mass is 10.2. The number of hydrogen-bond donors (Lipinski definition) is 1. The molecule has 5 heteroatoms. The number of urea groups is 1. The molecule has 2 rings (SSSR count). The molecule has 21 heavy (non-hydrogen) atoms. The minimum Gasteiger partial charge on any atom is -0.370 e. The third kappa shape index (κ3) is 4.62. The number of amides is 2. The average molecular weight is 293 g/mol. The fraction of sp³-hybridized carbons (Fsp3) is 0.562. The van der Waals surface area contributed by atoms with Crippen molar-refractivity contribution in [2.24, 2.45) is 0 Å². The van der Waals surface area contributed by atoms with Crippen LogP contribution in [0.2, 0.25) is 0 Å². The van der Waals surface area contributed by atoms with Crippen LogP contribution in [-0.4, -0.2) is 43.7 Å². The van der Waals surface area contributed by atoms with Crippen LogP contribution in [0, 0.1) is 5.82 Å². The van der Waals surface area contributed by atoms with Crippen molar-refractivity contribution < 1.29 is 9.18 Å². The largest absolute Gasteiger partial charge is 0.370 e. The maximum atomic E-state index is 13.0. The van der Waals surface area contributed by atoms with Crippen LogP contribution in [-0.2, 0) is 0 Å².